The molecule has 0 aromatic rings. The average molecular weight is 114 g/mol. The minimum atomic E-state index is 0.176. The first-order valence-corrected chi connectivity index (χ1v) is 2.62. The van der Waals surface area contributed by atoms with Crippen LogP contribution in [-0.2, 0) is 4.74 Å². The summed E-state index contributed by atoms with van der Waals surface area (Å²) >= 11 is 0. The van der Waals surface area contributed by atoms with Gasteiger partial charge in [-0.3, -0.25) is 5.01 Å². The lowest BCUT2D eigenvalue weighted by atomic mass is 10.4. The molecule has 0 saturated carbocycles. The summed E-state index contributed by atoms with van der Waals surface area (Å²) in [7, 11) is 3.59. The smallest absolute Gasteiger partial charge is 0.149 e. The summed E-state index contributed by atoms with van der Waals surface area (Å²) in [6.07, 6.45) is 2.94. The molecule has 1 atom stereocenters. The van der Waals surface area contributed by atoms with Gasteiger partial charge < -0.3 is 4.74 Å². The monoisotopic (exact) mass is 114 g/mol. The van der Waals surface area contributed by atoms with E-state index >= 15 is 0 Å². The van der Waals surface area contributed by atoms with Crippen LogP contribution in [0.4, 0.5) is 0 Å². The Morgan fingerprint density at radius 2 is 2.62 bits per heavy atom. The van der Waals surface area contributed by atoms with Crippen LogP contribution in [0, 0.1) is 0 Å². The number of nitrogens with zero attached hydrogens (tertiary/aromatic N) is 2. The lowest BCUT2D eigenvalue weighted by Gasteiger charge is -2.15. The molecule has 0 spiro atoms. The maximum Gasteiger partial charge on any atom is 0.149 e. The number of methoxy groups -OCH3 is 1. The normalized spacial score (nSPS) is 27.2. The van der Waals surface area contributed by atoms with E-state index in [1.807, 2.05) is 13.3 Å². The Morgan fingerprint density at radius 1 is 1.88 bits per heavy atom. The van der Waals surface area contributed by atoms with E-state index in [0.717, 1.165) is 6.42 Å². The summed E-state index contributed by atoms with van der Waals surface area (Å²) in [6.45, 7) is 0. The van der Waals surface area contributed by atoms with Crippen molar-refractivity contribution < 1.29 is 4.74 Å². The summed E-state index contributed by atoms with van der Waals surface area (Å²) in [5, 5.41) is 5.78. The highest BCUT2D eigenvalue weighted by molar-refractivity contribution is 5.59. The molecule has 46 valence electrons. The van der Waals surface area contributed by atoms with Crippen LogP contribution in [0.3, 0.4) is 0 Å². The van der Waals surface area contributed by atoms with E-state index in [-0.39, 0.29) is 6.23 Å². The first kappa shape index (κ1) is 5.56. The zero-order chi connectivity index (χ0) is 5.98. The molecule has 1 rings (SSSR count). The fourth-order valence-electron chi connectivity index (χ4n) is 0.742. The van der Waals surface area contributed by atoms with Crippen LogP contribution in [0.25, 0.3) is 0 Å². The Kier molecular flexibility index (Phi) is 1.48. The lowest BCUT2D eigenvalue weighted by Crippen LogP contribution is -2.23. The zero-order valence-corrected chi connectivity index (χ0v) is 5.16. The molecular weight excluding hydrogens is 104 g/mol. The van der Waals surface area contributed by atoms with Gasteiger partial charge in [-0.05, 0) is 0 Å². The number of rotatable bonds is 1. The Balaban J connectivity index is 2.38. The molecule has 3 heteroatoms. The molecule has 1 aliphatic rings. The molecule has 0 saturated heterocycles. The van der Waals surface area contributed by atoms with Crippen LogP contribution in [0.15, 0.2) is 5.10 Å². The minimum absolute atomic E-state index is 0.176. The lowest BCUT2D eigenvalue weighted by molar-refractivity contribution is 0.00142. The second-order valence-corrected chi connectivity index (χ2v) is 1.80. The number of hydrogen-bond acceptors (Lipinski definition) is 3. The predicted molar refractivity (Wildman–Crippen MR) is 31.7 cm³/mol. The third-order valence-corrected chi connectivity index (χ3v) is 1.26. The molecule has 0 aromatic heterocycles. The number of hydrazone groups is 1. The fourth-order valence-corrected chi connectivity index (χ4v) is 0.742. The van der Waals surface area contributed by atoms with Gasteiger partial charge in [-0.2, -0.15) is 5.10 Å². The third-order valence-electron chi connectivity index (χ3n) is 1.26. The van der Waals surface area contributed by atoms with Gasteiger partial charge in [0.15, 0.2) is 0 Å². The van der Waals surface area contributed by atoms with Gasteiger partial charge in [0.2, 0.25) is 0 Å². The molecule has 0 bridgehead atoms. The van der Waals surface area contributed by atoms with Crippen LogP contribution in [0.5, 0.6) is 0 Å². The van der Waals surface area contributed by atoms with Crippen LogP contribution >= 0.6 is 0 Å². The Labute approximate surface area is 48.9 Å². The van der Waals surface area contributed by atoms with Gasteiger partial charge in [-0.1, -0.05) is 0 Å². The van der Waals surface area contributed by atoms with Crippen molar-refractivity contribution in [2.24, 2.45) is 5.10 Å². The molecule has 1 heterocycles. The van der Waals surface area contributed by atoms with Gasteiger partial charge in [-0.15, -0.1) is 0 Å². The molecule has 0 aliphatic carbocycles. The van der Waals surface area contributed by atoms with E-state index in [1.165, 1.54) is 0 Å². The van der Waals surface area contributed by atoms with E-state index < -0.39 is 0 Å². The molecule has 1 aliphatic heterocycles. The van der Waals surface area contributed by atoms with Gasteiger partial charge in [0.05, 0.1) is 0 Å². The maximum absolute atomic E-state index is 5.02. The topological polar surface area (TPSA) is 24.8 Å². The number of hydrogen-bond donors (Lipinski definition) is 0. The van der Waals surface area contributed by atoms with Crippen LogP contribution in [0.2, 0.25) is 0 Å². The second-order valence-electron chi connectivity index (χ2n) is 1.80. The van der Waals surface area contributed by atoms with E-state index in [0.29, 0.717) is 0 Å². The second kappa shape index (κ2) is 2.13. The highest BCUT2D eigenvalue weighted by Gasteiger charge is 2.14. The molecule has 0 radical (unpaired) electrons. The molecule has 0 fully saturated rings. The van der Waals surface area contributed by atoms with E-state index in [1.54, 1.807) is 12.1 Å². The standard InChI is InChI=1S/C5H10N2O/c1-7-5(8-2)3-4-6-7/h4-5H,3H2,1-2H3. The van der Waals surface area contributed by atoms with Gasteiger partial charge in [0.1, 0.15) is 6.23 Å². The molecule has 1 unspecified atom stereocenters. The molecule has 0 amide bonds. The summed E-state index contributed by atoms with van der Waals surface area (Å²) in [5.74, 6) is 0. The molecule has 3 nitrogen and oxygen atoms in total. The Hall–Kier alpha value is -0.570. The summed E-state index contributed by atoms with van der Waals surface area (Å²) in [4.78, 5) is 0. The van der Waals surface area contributed by atoms with Gasteiger partial charge in [0, 0.05) is 26.8 Å². The van der Waals surface area contributed by atoms with Crippen LogP contribution < -0.4 is 0 Å². The van der Waals surface area contributed by atoms with E-state index in [4.69, 9.17) is 4.74 Å². The largest absolute Gasteiger partial charge is 0.360 e. The Morgan fingerprint density at radius 3 is 2.88 bits per heavy atom. The predicted octanol–water partition coefficient (Wildman–Crippen LogP) is 0.280. The molecule has 8 heavy (non-hydrogen) atoms. The highest BCUT2D eigenvalue weighted by Crippen LogP contribution is 2.06. The van der Waals surface area contributed by atoms with Gasteiger partial charge >= 0.3 is 0 Å². The SMILES string of the molecule is COC1CC=NN1C. The maximum atomic E-state index is 5.02. The van der Waals surface area contributed by atoms with Crippen molar-refractivity contribution >= 4 is 6.21 Å². The van der Waals surface area contributed by atoms with Crippen molar-refractivity contribution in [3.63, 3.8) is 0 Å². The van der Waals surface area contributed by atoms with Crippen molar-refractivity contribution in [1.29, 1.82) is 0 Å². The summed E-state index contributed by atoms with van der Waals surface area (Å²) < 4.78 is 5.02. The van der Waals surface area contributed by atoms with E-state index in [2.05, 4.69) is 5.10 Å². The molecule has 0 aromatic carbocycles. The average Bonchev–Trinajstić information content (AvgIpc) is 2.14. The quantitative estimate of drug-likeness (QED) is 0.489. The molecular formula is C5H10N2O. The number of ether oxygens (including phenoxy) is 1. The van der Waals surface area contributed by atoms with Gasteiger partial charge in [-0.25, -0.2) is 0 Å². The summed E-state index contributed by atoms with van der Waals surface area (Å²) in [6, 6.07) is 0. The zero-order valence-electron chi connectivity index (χ0n) is 5.16. The van der Waals surface area contributed by atoms with Crippen LogP contribution in [-0.4, -0.2) is 31.6 Å². The minimum Gasteiger partial charge on any atom is -0.360 e. The first-order chi connectivity index (χ1) is 3.84. The van der Waals surface area contributed by atoms with Crippen molar-refractivity contribution in [1.82, 2.24) is 5.01 Å². The van der Waals surface area contributed by atoms with Crippen molar-refractivity contribution in [2.45, 2.75) is 12.6 Å². The van der Waals surface area contributed by atoms with Crippen molar-refractivity contribution in [3.8, 4) is 0 Å². The first-order valence-electron chi connectivity index (χ1n) is 2.62. The summed E-state index contributed by atoms with van der Waals surface area (Å²) in [5.41, 5.74) is 0. The fraction of sp³-hybridized carbons (Fsp3) is 0.800. The van der Waals surface area contributed by atoms with Crippen LogP contribution in [0.1, 0.15) is 6.42 Å². The highest BCUT2D eigenvalue weighted by atomic mass is 16.5. The third kappa shape index (κ3) is 0.816. The Bertz CT molecular complexity index is 103. The van der Waals surface area contributed by atoms with Crippen molar-refractivity contribution in [2.75, 3.05) is 14.2 Å². The van der Waals surface area contributed by atoms with Gasteiger partial charge in [0.25, 0.3) is 0 Å². The van der Waals surface area contributed by atoms with Crippen molar-refractivity contribution in [3.05, 3.63) is 0 Å². The van der Waals surface area contributed by atoms with E-state index in [9.17, 15) is 0 Å². The molecule has 0 N–H and O–H groups in total.